The smallest absolute Gasteiger partial charge is 0.407 e. The number of ether oxygens (including phenoxy) is 1. The van der Waals surface area contributed by atoms with E-state index in [1.807, 2.05) is 24.3 Å². The summed E-state index contributed by atoms with van der Waals surface area (Å²) in [5.74, 6) is -1.70. The van der Waals surface area contributed by atoms with E-state index < -0.39 is 24.1 Å². The van der Waals surface area contributed by atoms with Gasteiger partial charge in [-0.2, -0.15) is 0 Å². The number of fused-ring (bicyclic) bond motifs is 3. The van der Waals surface area contributed by atoms with Gasteiger partial charge in [-0.3, -0.25) is 14.4 Å². The van der Waals surface area contributed by atoms with Gasteiger partial charge in [0.1, 0.15) is 18.7 Å². The van der Waals surface area contributed by atoms with Gasteiger partial charge in [-0.15, -0.1) is 0 Å². The zero-order valence-corrected chi connectivity index (χ0v) is 19.3. The SMILES string of the molecule is O=C(O)CC[C@@H]1NC(=O)[C@H](CCCCNC(=O)OCC2c3ccccc3-c3ccccc32)NC1=O. The fourth-order valence-electron chi connectivity index (χ4n) is 4.66. The van der Waals surface area contributed by atoms with Crippen LogP contribution in [0, 0.1) is 0 Å². The Hall–Kier alpha value is -3.88. The van der Waals surface area contributed by atoms with Crippen molar-refractivity contribution in [1.29, 1.82) is 0 Å². The second-order valence-corrected chi connectivity index (χ2v) is 8.80. The average molecular weight is 480 g/mol. The lowest BCUT2D eigenvalue weighted by Crippen LogP contribution is -2.61. The number of carboxylic acids is 1. The van der Waals surface area contributed by atoms with Crippen molar-refractivity contribution in [2.24, 2.45) is 0 Å². The minimum absolute atomic E-state index is 0.000833. The lowest BCUT2D eigenvalue weighted by Gasteiger charge is -2.29. The highest BCUT2D eigenvalue weighted by atomic mass is 16.5. The standard InChI is InChI=1S/C26H29N3O6/c30-23(31)13-12-22-25(33)28-21(24(32)29-22)11-5-6-14-27-26(34)35-15-20-18-9-3-1-7-16(18)17-8-2-4-10-19(17)20/h1-4,7-10,20-22H,5-6,11-15H2,(H,27,34)(H,28,33)(H,29,32)(H,30,31)/t21-,22-/m0/s1. The van der Waals surface area contributed by atoms with Gasteiger partial charge in [0.15, 0.2) is 0 Å². The first kappa shape index (κ1) is 24.3. The molecule has 4 rings (SSSR count). The second kappa shape index (κ2) is 11.0. The van der Waals surface area contributed by atoms with Crippen molar-refractivity contribution in [3.05, 3.63) is 59.7 Å². The molecule has 2 aliphatic rings. The first-order chi connectivity index (χ1) is 16.9. The van der Waals surface area contributed by atoms with E-state index in [0.717, 1.165) is 11.1 Å². The number of alkyl carbamates (subject to hydrolysis) is 1. The molecule has 0 radical (unpaired) electrons. The normalized spacial score (nSPS) is 18.7. The summed E-state index contributed by atoms with van der Waals surface area (Å²) in [6.45, 7) is 0.636. The molecule has 9 nitrogen and oxygen atoms in total. The highest BCUT2D eigenvalue weighted by molar-refractivity contribution is 5.97. The largest absolute Gasteiger partial charge is 0.481 e. The number of aliphatic carboxylic acids is 1. The number of hydrogen-bond donors (Lipinski definition) is 4. The first-order valence-electron chi connectivity index (χ1n) is 11.9. The topological polar surface area (TPSA) is 134 Å². The second-order valence-electron chi connectivity index (χ2n) is 8.80. The third kappa shape index (κ3) is 5.79. The van der Waals surface area contributed by atoms with Crippen LogP contribution in [-0.2, 0) is 19.1 Å². The molecule has 184 valence electrons. The van der Waals surface area contributed by atoms with Crippen LogP contribution in [0.25, 0.3) is 11.1 Å². The minimum atomic E-state index is -1.02. The fraction of sp³-hybridized carbons (Fsp3) is 0.385. The van der Waals surface area contributed by atoms with Crippen LogP contribution >= 0.6 is 0 Å². The van der Waals surface area contributed by atoms with E-state index in [2.05, 4.69) is 40.2 Å². The molecule has 0 aromatic heterocycles. The Morgan fingerprint density at radius 3 is 2.03 bits per heavy atom. The van der Waals surface area contributed by atoms with Crippen molar-refractivity contribution < 1.29 is 29.0 Å². The highest BCUT2D eigenvalue weighted by Gasteiger charge is 2.33. The Morgan fingerprint density at radius 1 is 0.857 bits per heavy atom. The van der Waals surface area contributed by atoms with Gasteiger partial charge in [0.05, 0.1) is 0 Å². The summed E-state index contributed by atoms with van der Waals surface area (Å²) in [5, 5.41) is 16.7. The Labute approximate surface area is 203 Å². The lowest BCUT2D eigenvalue weighted by molar-refractivity contribution is -0.140. The van der Waals surface area contributed by atoms with Gasteiger partial charge in [0, 0.05) is 18.9 Å². The molecule has 1 saturated heterocycles. The number of benzene rings is 2. The van der Waals surface area contributed by atoms with E-state index in [1.165, 1.54) is 11.1 Å². The molecule has 0 bridgehead atoms. The van der Waals surface area contributed by atoms with Crippen molar-refractivity contribution in [3.63, 3.8) is 0 Å². The Bertz CT molecular complexity index is 1070. The molecule has 2 aromatic carbocycles. The number of amides is 3. The van der Waals surface area contributed by atoms with E-state index in [-0.39, 0.29) is 37.2 Å². The molecule has 0 unspecified atom stereocenters. The summed E-state index contributed by atoms with van der Waals surface area (Å²) in [6.07, 6.45) is 1.04. The molecular formula is C26H29N3O6. The first-order valence-corrected chi connectivity index (χ1v) is 11.9. The number of rotatable bonds is 10. The molecule has 0 saturated carbocycles. The quantitative estimate of drug-likeness (QED) is 0.387. The van der Waals surface area contributed by atoms with E-state index in [1.54, 1.807) is 0 Å². The molecule has 1 heterocycles. The van der Waals surface area contributed by atoms with Gasteiger partial charge in [-0.25, -0.2) is 4.79 Å². The van der Waals surface area contributed by atoms with Crippen molar-refractivity contribution in [2.45, 2.75) is 50.1 Å². The number of piperazine rings is 1. The van der Waals surface area contributed by atoms with Crippen LogP contribution in [0.5, 0.6) is 0 Å². The summed E-state index contributed by atoms with van der Waals surface area (Å²) < 4.78 is 5.51. The summed E-state index contributed by atoms with van der Waals surface area (Å²) in [5.41, 5.74) is 4.65. The van der Waals surface area contributed by atoms with Crippen LogP contribution < -0.4 is 16.0 Å². The highest BCUT2D eigenvalue weighted by Crippen LogP contribution is 2.44. The lowest BCUT2D eigenvalue weighted by atomic mass is 9.98. The fourth-order valence-corrected chi connectivity index (χ4v) is 4.66. The van der Waals surface area contributed by atoms with Crippen LogP contribution in [-0.4, -0.2) is 54.2 Å². The van der Waals surface area contributed by atoms with E-state index >= 15 is 0 Å². The van der Waals surface area contributed by atoms with Crippen LogP contribution in [0.4, 0.5) is 4.79 Å². The van der Waals surface area contributed by atoms with Gasteiger partial charge in [0.2, 0.25) is 11.8 Å². The monoisotopic (exact) mass is 479 g/mol. The molecule has 3 amide bonds. The van der Waals surface area contributed by atoms with Crippen molar-refractivity contribution in [2.75, 3.05) is 13.2 Å². The van der Waals surface area contributed by atoms with Gasteiger partial charge < -0.3 is 25.8 Å². The zero-order valence-electron chi connectivity index (χ0n) is 19.3. The number of carboxylic acid groups (broad SMARTS) is 1. The Kier molecular flexibility index (Phi) is 7.64. The molecular weight excluding hydrogens is 450 g/mol. The number of unbranched alkanes of at least 4 members (excludes halogenated alkanes) is 1. The number of carbonyl (C=O) groups excluding carboxylic acids is 3. The summed E-state index contributed by atoms with van der Waals surface area (Å²) in [7, 11) is 0. The molecule has 1 aliphatic heterocycles. The maximum atomic E-state index is 12.2. The summed E-state index contributed by atoms with van der Waals surface area (Å²) in [6, 6.07) is 14.8. The molecule has 1 fully saturated rings. The van der Waals surface area contributed by atoms with Crippen molar-refractivity contribution >= 4 is 23.9 Å². The zero-order chi connectivity index (χ0) is 24.8. The molecule has 1 aliphatic carbocycles. The number of hydrogen-bond acceptors (Lipinski definition) is 5. The summed E-state index contributed by atoms with van der Waals surface area (Å²) >= 11 is 0. The minimum Gasteiger partial charge on any atom is -0.481 e. The summed E-state index contributed by atoms with van der Waals surface area (Å²) in [4.78, 5) is 47.2. The molecule has 35 heavy (non-hydrogen) atoms. The predicted molar refractivity (Wildman–Crippen MR) is 128 cm³/mol. The molecule has 0 spiro atoms. The maximum Gasteiger partial charge on any atom is 0.407 e. The van der Waals surface area contributed by atoms with Gasteiger partial charge in [0.25, 0.3) is 0 Å². The van der Waals surface area contributed by atoms with Crippen LogP contribution in [0.15, 0.2) is 48.5 Å². The van der Waals surface area contributed by atoms with Gasteiger partial charge >= 0.3 is 12.1 Å². The molecule has 9 heteroatoms. The Morgan fingerprint density at radius 2 is 1.43 bits per heavy atom. The average Bonchev–Trinajstić information content (AvgIpc) is 3.17. The predicted octanol–water partition coefficient (Wildman–Crippen LogP) is 2.54. The number of carbonyl (C=O) groups is 4. The Balaban J connectivity index is 1.16. The van der Waals surface area contributed by atoms with E-state index in [9.17, 15) is 19.2 Å². The molecule has 4 N–H and O–H groups in total. The van der Waals surface area contributed by atoms with Crippen molar-refractivity contribution in [3.8, 4) is 11.1 Å². The van der Waals surface area contributed by atoms with Crippen LogP contribution in [0.1, 0.15) is 49.1 Å². The number of nitrogens with one attached hydrogen (secondary N) is 3. The maximum absolute atomic E-state index is 12.2. The third-order valence-corrected chi connectivity index (χ3v) is 6.45. The molecule has 2 aromatic rings. The van der Waals surface area contributed by atoms with Crippen LogP contribution in [0.2, 0.25) is 0 Å². The van der Waals surface area contributed by atoms with Crippen molar-refractivity contribution in [1.82, 2.24) is 16.0 Å². The molecule has 2 atom stereocenters. The van der Waals surface area contributed by atoms with E-state index in [4.69, 9.17) is 9.84 Å². The van der Waals surface area contributed by atoms with Gasteiger partial charge in [-0.05, 0) is 47.9 Å². The van der Waals surface area contributed by atoms with Gasteiger partial charge in [-0.1, -0.05) is 48.5 Å². The van der Waals surface area contributed by atoms with E-state index in [0.29, 0.717) is 25.8 Å². The third-order valence-electron chi connectivity index (χ3n) is 6.45. The van der Waals surface area contributed by atoms with Crippen LogP contribution in [0.3, 0.4) is 0 Å².